The number of fused-ring (bicyclic) bond motifs is 2. The van der Waals surface area contributed by atoms with E-state index in [9.17, 15) is 4.79 Å². The van der Waals surface area contributed by atoms with Crippen LogP contribution < -0.4 is 10.5 Å². The van der Waals surface area contributed by atoms with Crippen LogP contribution in [0.2, 0.25) is 0 Å². The van der Waals surface area contributed by atoms with Gasteiger partial charge in [0.2, 0.25) is 0 Å². The van der Waals surface area contributed by atoms with Gasteiger partial charge in [0.05, 0.1) is 22.2 Å². The molecule has 1 aliphatic rings. The number of anilines is 1. The SMILES string of the molecule is CCc1cc2ncc(CN3CCN(c4ccc5c(c4)c(C)nn5C)CC3)cc2[nH]c1=O. The first kappa shape index (κ1) is 19.8. The van der Waals surface area contributed by atoms with E-state index >= 15 is 0 Å². The van der Waals surface area contributed by atoms with E-state index in [1.807, 2.05) is 30.9 Å². The van der Waals surface area contributed by atoms with Crippen LogP contribution in [0, 0.1) is 6.92 Å². The summed E-state index contributed by atoms with van der Waals surface area (Å²) in [6.45, 7) is 8.86. The van der Waals surface area contributed by atoms with Gasteiger partial charge < -0.3 is 9.88 Å². The van der Waals surface area contributed by atoms with Crippen molar-refractivity contribution in [2.45, 2.75) is 26.8 Å². The van der Waals surface area contributed by atoms with Crippen LogP contribution in [0.4, 0.5) is 5.69 Å². The molecule has 7 nitrogen and oxygen atoms in total. The number of hydrogen-bond acceptors (Lipinski definition) is 5. The maximum atomic E-state index is 12.1. The molecule has 7 heteroatoms. The quantitative estimate of drug-likeness (QED) is 0.554. The number of piperazine rings is 1. The van der Waals surface area contributed by atoms with Crippen LogP contribution in [0.5, 0.6) is 0 Å². The predicted molar refractivity (Wildman–Crippen MR) is 125 cm³/mol. The van der Waals surface area contributed by atoms with Gasteiger partial charge in [-0.25, -0.2) is 0 Å². The summed E-state index contributed by atoms with van der Waals surface area (Å²) in [5.41, 5.74) is 7.09. The normalized spacial score (nSPS) is 15.3. The molecule has 0 unspecified atom stereocenters. The summed E-state index contributed by atoms with van der Waals surface area (Å²) < 4.78 is 1.94. The fraction of sp³-hybridized carbons (Fsp3) is 0.375. The molecule has 4 heterocycles. The van der Waals surface area contributed by atoms with Crippen LogP contribution in [0.15, 0.2) is 41.3 Å². The van der Waals surface area contributed by atoms with Crippen molar-refractivity contribution in [2.24, 2.45) is 7.05 Å². The Kier molecular flexibility index (Phi) is 4.98. The molecule has 0 bridgehead atoms. The standard InChI is InChI=1S/C24H28N6O/c1-4-18-12-21-22(26-24(18)31)11-17(14-25-21)15-29-7-9-30(10-8-29)19-5-6-23-20(13-19)16(2)27-28(23)3/h5-6,11-14H,4,7-10,15H2,1-3H3,(H,26,31). The second kappa shape index (κ2) is 7.81. The molecule has 4 aromatic rings. The Labute approximate surface area is 181 Å². The molecule has 1 aliphatic heterocycles. The van der Waals surface area contributed by atoms with Crippen molar-refractivity contribution >= 4 is 27.6 Å². The number of hydrogen-bond donors (Lipinski definition) is 1. The van der Waals surface area contributed by atoms with E-state index in [0.717, 1.165) is 60.6 Å². The van der Waals surface area contributed by atoms with E-state index in [0.29, 0.717) is 6.42 Å². The van der Waals surface area contributed by atoms with Crippen LogP contribution in [0.3, 0.4) is 0 Å². The fourth-order valence-electron chi connectivity index (χ4n) is 4.56. The average molecular weight is 417 g/mol. The maximum absolute atomic E-state index is 12.1. The van der Waals surface area contributed by atoms with Crippen molar-refractivity contribution in [1.82, 2.24) is 24.6 Å². The lowest BCUT2D eigenvalue weighted by atomic mass is 10.1. The highest BCUT2D eigenvalue weighted by Crippen LogP contribution is 2.25. The van der Waals surface area contributed by atoms with Crippen molar-refractivity contribution in [1.29, 1.82) is 0 Å². The highest BCUT2D eigenvalue weighted by Gasteiger charge is 2.19. The summed E-state index contributed by atoms with van der Waals surface area (Å²) in [5.74, 6) is 0. The third kappa shape index (κ3) is 3.70. The second-order valence-electron chi connectivity index (χ2n) is 8.43. The minimum atomic E-state index is -0.0108. The van der Waals surface area contributed by atoms with E-state index < -0.39 is 0 Å². The molecule has 3 aromatic heterocycles. The lowest BCUT2D eigenvalue weighted by molar-refractivity contribution is 0.250. The van der Waals surface area contributed by atoms with Gasteiger partial charge in [0, 0.05) is 62.6 Å². The van der Waals surface area contributed by atoms with Gasteiger partial charge in [0.25, 0.3) is 5.56 Å². The molecule has 5 rings (SSSR count). The Bertz CT molecular complexity index is 1310. The lowest BCUT2D eigenvalue weighted by Gasteiger charge is -2.36. The molecule has 0 spiro atoms. The molecule has 160 valence electrons. The van der Waals surface area contributed by atoms with E-state index in [-0.39, 0.29) is 5.56 Å². The zero-order chi connectivity index (χ0) is 21.5. The molecule has 0 radical (unpaired) electrons. The van der Waals surface area contributed by atoms with Crippen LogP contribution in [-0.2, 0) is 20.0 Å². The number of aromatic amines is 1. The Morgan fingerprint density at radius 1 is 1.10 bits per heavy atom. The van der Waals surface area contributed by atoms with Crippen LogP contribution in [0.25, 0.3) is 21.9 Å². The summed E-state index contributed by atoms with van der Waals surface area (Å²) in [4.78, 5) is 24.6. The van der Waals surface area contributed by atoms with Gasteiger partial charge in [-0.3, -0.25) is 19.4 Å². The summed E-state index contributed by atoms with van der Waals surface area (Å²) in [7, 11) is 1.99. The van der Waals surface area contributed by atoms with Crippen LogP contribution in [-0.4, -0.2) is 50.8 Å². The minimum absolute atomic E-state index is 0.0108. The lowest BCUT2D eigenvalue weighted by Crippen LogP contribution is -2.46. The molecule has 0 saturated carbocycles. The Hall–Kier alpha value is -3.19. The Morgan fingerprint density at radius 3 is 2.68 bits per heavy atom. The number of aromatic nitrogens is 4. The van der Waals surface area contributed by atoms with Crippen molar-refractivity contribution < 1.29 is 0 Å². The molecule has 0 aliphatic carbocycles. The van der Waals surface area contributed by atoms with Gasteiger partial charge in [-0.2, -0.15) is 5.10 Å². The number of H-pyrrole nitrogens is 1. The van der Waals surface area contributed by atoms with Gasteiger partial charge in [0.15, 0.2) is 0 Å². The number of nitrogens with one attached hydrogen (secondary N) is 1. The molecule has 1 fully saturated rings. The van der Waals surface area contributed by atoms with Crippen LogP contribution >= 0.6 is 0 Å². The minimum Gasteiger partial charge on any atom is -0.369 e. The molecular weight excluding hydrogens is 388 g/mol. The Balaban J connectivity index is 1.27. The van der Waals surface area contributed by atoms with E-state index in [4.69, 9.17) is 0 Å². The molecular formula is C24H28N6O. The molecule has 0 atom stereocenters. The monoisotopic (exact) mass is 416 g/mol. The summed E-state index contributed by atoms with van der Waals surface area (Å²) >= 11 is 0. The molecule has 1 saturated heterocycles. The summed E-state index contributed by atoms with van der Waals surface area (Å²) in [6.07, 6.45) is 2.65. The second-order valence-corrected chi connectivity index (χ2v) is 8.43. The smallest absolute Gasteiger partial charge is 0.251 e. The van der Waals surface area contributed by atoms with Gasteiger partial charge in [0.1, 0.15) is 0 Å². The molecule has 1 aromatic carbocycles. The maximum Gasteiger partial charge on any atom is 0.251 e. The molecule has 31 heavy (non-hydrogen) atoms. The van der Waals surface area contributed by atoms with Crippen molar-refractivity contribution in [3.8, 4) is 0 Å². The van der Waals surface area contributed by atoms with Gasteiger partial charge >= 0.3 is 0 Å². The van der Waals surface area contributed by atoms with Gasteiger partial charge in [-0.1, -0.05) is 6.92 Å². The average Bonchev–Trinajstić information content (AvgIpc) is 3.06. The molecule has 0 amide bonds. The van der Waals surface area contributed by atoms with E-state index in [1.165, 1.54) is 16.6 Å². The highest BCUT2D eigenvalue weighted by molar-refractivity contribution is 5.85. The largest absolute Gasteiger partial charge is 0.369 e. The first-order chi connectivity index (χ1) is 15.0. The van der Waals surface area contributed by atoms with Gasteiger partial charge in [-0.05, 0) is 49.2 Å². The van der Waals surface area contributed by atoms with Crippen molar-refractivity contribution in [2.75, 3.05) is 31.1 Å². The first-order valence-corrected chi connectivity index (χ1v) is 10.9. The molecule has 1 N–H and O–H groups in total. The zero-order valence-corrected chi connectivity index (χ0v) is 18.4. The number of benzene rings is 1. The highest BCUT2D eigenvalue weighted by atomic mass is 16.1. The van der Waals surface area contributed by atoms with Crippen molar-refractivity contribution in [3.05, 3.63) is 63.7 Å². The predicted octanol–water partition coefficient (Wildman–Crippen LogP) is 3.00. The fourth-order valence-corrected chi connectivity index (χ4v) is 4.56. The number of nitrogens with zero attached hydrogens (tertiary/aromatic N) is 5. The third-order valence-corrected chi connectivity index (χ3v) is 6.37. The third-order valence-electron chi connectivity index (χ3n) is 6.37. The summed E-state index contributed by atoms with van der Waals surface area (Å²) in [5, 5.41) is 5.76. The van der Waals surface area contributed by atoms with Crippen molar-refractivity contribution in [3.63, 3.8) is 0 Å². The first-order valence-electron chi connectivity index (χ1n) is 10.9. The Morgan fingerprint density at radius 2 is 1.90 bits per heavy atom. The summed E-state index contributed by atoms with van der Waals surface area (Å²) in [6, 6.07) is 10.6. The van der Waals surface area contributed by atoms with Gasteiger partial charge in [-0.15, -0.1) is 0 Å². The number of aryl methyl sites for hydroxylation is 3. The van der Waals surface area contributed by atoms with E-state index in [1.54, 1.807) is 0 Å². The topological polar surface area (TPSA) is 70.1 Å². The van der Waals surface area contributed by atoms with E-state index in [2.05, 4.69) is 56.1 Å². The zero-order valence-electron chi connectivity index (χ0n) is 18.4. The number of rotatable bonds is 4. The van der Waals surface area contributed by atoms with Crippen LogP contribution in [0.1, 0.15) is 23.7 Å². The number of pyridine rings is 2.